The molecule has 0 saturated heterocycles. The van der Waals surface area contributed by atoms with Crippen molar-refractivity contribution >= 4 is 11.8 Å². The number of rotatable bonds is 5. The zero-order valence-corrected chi connectivity index (χ0v) is 11.1. The van der Waals surface area contributed by atoms with Crippen molar-refractivity contribution in [3.05, 3.63) is 54.4 Å². The molecule has 1 aromatic heterocycles. The quantitative estimate of drug-likeness (QED) is 0.840. The summed E-state index contributed by atoms with van der Waals surface area (Å²) in [5.74, 6) is 0.853. The van der Waals surface area contributed by atoms with Gasteiger partial charge in [0, 0.05) is 17.6 Å². The zero-order chi connectivity index (χ0) is 12.8. The molecule has 1 unspecified atom stereocenters. The summed E-state index contributed by atoms with van der Waals surface area (Å²) in [6.45, 7) is 0.403. The Balaban J connectivity index is 2.21. The van der Waals surface area contributed by atoms with Crippen molar-refractivity contribution in [3.8, 4) is 5.75 Å². The topological polar surface area (TPSA) is 48.1 Å². The van der Waals surface area contributed by atoms with Crippen molar-refractivity contribution in [1.82, 2.24) is 4.98 Å². The van der Waals surface area contributed by atoms with Crippen LogP contribution in [-0.4, -0.2) is 17.8 Å². The zero-order valence-electron chi connectivity index (χ0n) is 10.2. The molecule has 2 N–H and O–H groups in total. The highest BCUT2D eigenvalue weighted by Crippen LogP contribution is 2.30. The summed E-state index contributed by atoms with van der Waals surface area (Å²) in [5.41, 5.74) is 6.63. The number of nitrogens with zero attached hydrogens (tertiary/aromatic N) is 1. The van der Waals surface area contributed by atoms with Crippen molar-refractivity contribution in [2.45, 2.75) is 11.0 Å². The second-order valence-electron chi connectivity index (χ2n) is 3.75. The maximum Gasteiger partial charge on any atom is 0.153 e. The predicted molar refractivity (Wildman–Crippen MR) is 74.9 cm³/mol. The molecule has 0 aliphatic carbocycles. The Bertz CT molecular complexity index is 490. The van der Waals surface area contributed by atoms with Gasteiger partial charge in [0.2, 0.25) is 0 Å². The number of pyridine rings is 1. The van der Waals surface area contributed by atoms with Crippen LogP contribution >= 0.6 is 11.8 Å². The number of benzene rings is 1. The molecule has 1 atom stereocenters. The van der Waals surface area contributed by atoms with Crippen molar-refractivity contribution in [2.24, 2.45) is 5.73 Å². The molecule has 0 fully saturated rings. The highest BCUT2D eigenvalue weighted by atomic mass is 32.2. The van der Waals surface area contributed by atoms with E-state index in [9.17, 15) is 0 Å². The summed E-state index contributed by atoms with van der Waals surface area (Å²) < 4.78 is 5.96. The smallest absolute Gasteiger partial charge is 0.153 e. The van der Waals surface area contributed by atoms with Crippen LogP contribution in [0.5, 0.6) is 5.75 Å². The third kappa shape index (κ3) is 3.03. The van der Waals surface area contributed by atoms with Gasteiger partial charge in [0.25, 0.3) is 0 Å². The van der Waals surface area contributed by atoms with Crippen LogP contribution in [0.15, 0.2) is 53.6 Å². The minimum atomic E-state index is -0.209. The van der Waals surface area contributed by atoms with Crippen LogP contribution in [0.1, 0.15) is 11.8 Å². The highest BCUT2D eigenvalue weighted by Gasteiger charge is 2.14. The molecule has 2 aromatic rings. The predicted octanol–water partition coefficient (Wildman–Crippen LogP) is 2.88. The van der Waals surface area contributed by atoms with E-state index in [4.69, 9.17) is 10.5 Å². The van der Waals surface area contributed by atoms with Gasteiger partial charge in [-0.3, -0.25) is 4.98 Å². The maximum atomic E-state index is 5.96. The fourth-order valence-corrected chi connectivity index (χ4v) is 2.20. The third-order valence-corrected chi connectivity index (χ3v) is 3.35. The van der Waals surface area contributed by atoms with Gasteiger partial charge in [0.05, 0.1) is 5.69 Å². The van der Waals surface area contributed by atoms with Gasteiger partial charge in [-0.25, -0.2) is 0 Å². The first-order chi connectivity index (χ1) is 8.85. The lowest BCUT2D eigenvalue weighted by atomic mass is 10.2. The second kappa shape index (κ2) is 6.42. The van der Waals surface area contributed by atoms with Gasteiger partial charge in [0.15, 0.2) is 6.10 Å². The van der Waals surface area contributed by atoms with Gasteiger partial charge in [-0.05, 0) is 30.5 Å². The van der Waals surface area contributed by atoms with E-state index in [1.807, 2.05) is 48.7 Å². The summed E-state index contributed by atoms with van der Waals surface area (Å²) >= 11 is 1.66. The lowest BCUT2D eigenvalue weighted by molar-refractivity contribution is 0.204. The Kier molecular flexibility index (Phi) is 4.61. The van der Waals surface area contributed by atoms with Gasteiger partial charge >= 0.3 is 0 Å². The maximum absolute atomic E-state index is 5.96. The molecule has 1 aromatic carbocycles. The van der Waals surface area contributed by atoms with Crippen molar-refractivity contribution in [2.75, 3.05) is 12.8 Å². The van der Waals surface area contributed by atoms with Crippen molar-refractivity contribution in [3.63, 3.8) is 0 Å². The minimum Gasteiger partial charge on any atom is -0.482 e. The van der Waals surface area contributed by atoms with Gasteiger partial charge in [-0.1, -0.05) is 18.2 Å². The molecule has 18 heavy (non-hydrogen) atoms. The fourth-order valence-electron chi connectivity index (χ4n) is 1.67. The van der Waals surface area contributed by atoms with Gasteiger partial charge in [-0.2, -0.15) is 0 Å². The van der Waals surface area contributed by atoms with Crippen molar-refractivity contribution < 1.29 is 4.74 Å². The normalized spacial score (nSPS) is 12.1. The molecule has 0 bridgehead atoms. The molecule has 1 heterocycles. The van der Waals surface area contributed by atoms with Crippen LogP contribution in [-0.2, 0) is 0 Å². The van der Waals surface area contributed by atoms with E-state index in [-0.39, 0.29) is 6.10 Å². The van der Waals surface area contributed by atoms with E-state index in [2.05, 4.69) is 4.98 Å². The summed E-state index contributed by atoms with van der Waals surface area (Å²) in [5, 5.41) is 0. The average Bonchev–Trinajstić information content (AvgIpc) is 2.46. The first kappa shape index (κ1) is 12.9. The third-order valence-electron chi connectivity index (χ3n) is 2.57. The van der Waals surface area contributed by atoms with Gasteiger partial charge in [-0.15, -0.1) is 11.8 Å². The van der Waals surface area contributed by atoms with Gasteiger partial charge in [0.1, 0.15) is 5.75 Å². The largest absolute Gasteiger partial charge is 0.482 e. The van der Waals surface area contributed by atoms with Crippen LogP contribution in [0, 0.1) is 0 Å². The van der Waals surface area contributed by atoms with Crippen molar-refractivity contribution in [1.29, 1.82) is 0 Å². The molecule has 2 rings (SSSR count). The van der Waals surface area contributed by atoms with Crippen LogP contribution in [0.3, 0.4) is 0 Å². The SMILES string of the molecule is CSc1ccccc1OC(CN)c1ccccn1. The molecule has 0 saturated carbocycles. The number of aromatic nitrogens is 1. The molecule has 0 aliphatic heterocycles. The Labute approximate surface area is 111 Å². The molecule has 0 aliphatic rings. The number of nitrogens with two attached hydrogens (primary N) is 1. The molecular weight excluding hydrogens is 244 g/mol. The van der Waals surface area contributed by atoms with E-state index < -0.39 is 0 Å². The van der Waals surface area contributed by atoms with Crippen LogP contribution in [0.4, 0.5) is 0 Å². The summed E-state index contributed by atoms with van der Waals surface area (Å²) in [6, 6.07) is 13.7. The first-order valence-corrected chi connectivity index (χ1v) is 6.98. The molecule has 3 nitrogen and oxygen atoms in total. The van der Waals surface area contributed by atoms with E-state index in [1.165, 1.54) is 0 Å². The molecule has 0 spiro atoms. The lowest BCUT2D eigenvalue weighted by Gasteiger charge is -2.18. The molecule has 0 amide bonds. The standard InChI is InChI=1S/C14H16N2OS/c1-18-14-8-3-2-7-12(14)17-13(10-15)11-6-4-5-9-16-11/h2-9,13H,10,15H2,1H3. The lowest BCUT2D eigenvalue weighted by Crippen LogP contribution is -2.19. The van der Waals surface area contributed by atoms with Gasteiger partial charge < -0.3 is 10.5 Å². The Morgan fingerprint density at radius 2 is 2.00 bits per heavy atom. The van der Waals surface area contributed by atoms with Crippen LogP contribution < -0.4 is 10.5 Å². The van der Waals surface area contributed by atoms with E-state index in [0.29, 0.717) is 6.54 Å². The number of thioether (sulfide) groups is 1. The Hall–Kier alpha value is -1.52. The number of para-hydroxylation sites is 1. The van der Waals surface area contributed by atoms with Crippen LogP contribution in [0.2, 0.25) is 0 Å². The second-order valence-corrected chi connectivity index (χ2v) is 4.60. The average molecular weight is 260 g/mol. The highest BCUT2D eigenvalue weighted by molar-refractivity contribution is 7.98. The van der Waals surface area contributed by atoms with E-state index >= 15 is 0 Å². The Morgan fingerprint density at radius 3 is 2.67 bits per heavy atom. The number of ether oxygens (including phenoxy) is 1. The number of hydrogen-bond acceptors (Lipinski definition) is 4. The Morgan fingerprint density at radius 1 is 1.22 bits per heavy atom. The van der Waals surface area contributed by atoms with Crippen LogP contribution in [0.25, 0.3) is 0 Å². The van der Waals surface area contributed by atoms with E-state index in [0.717, 1.165) is 16.3 Å². The summed E-state index contributed by atoms with van der Waals surface area (Å²) in [6.07, 6.45) is 3.57. The fraction of sp³-hybridized carbons (Fsp3) is 0.214. The minimum absolute atomic E-state index is 0.209. The molecule has 94 valence electrons. The number of hydrogen-bond donors (Lipinski definition) is 1. The summed E-state index contributed by atoms with van der Waals surface area (Å²) in [4.78, 5) is 5.39. The molecule has 4 heteroatoms. The monoisotopic (exact) mass is 260 g/mol. The first-order valence-electron chi connectivity index (χ1n) is 5.76. The summed E-state index contributed by atoms with van der Waals surface area (Å²) in [7, 11) is 0. The molecular formula is C14H16N2OS. The van der Waals surface area contributed by atoms with E-state index in [1.54, 1.807) is 18.0 Å². The molecule has 0 radical (unpaired) electrons.